The van der Waals surface area contributed by atoms with E-state index in [1.165, 1.54) is 11.9 Å². The summed E-state index contributed by atoms with van der Waals surface area (Å²) in [6.45, 7) is 4.73. The van der Waals surface area contributed by atoms with Gasteiger partial charge in [0.25, 0.3) is 0 Å². The van der Waals surface area contributed by atoms with Gasteiger partial charge in [0.05, 0.1) is 0 Å². The van der Waals surface area contributed by atoms with Gasteiger partial charge in [-0.05, 0) is 29.7 Å². The summed E-state index contributed by atoms with van der Waals surface area (Å²) in [5, 5.41) is 4.02. The second-order valence-corrected chi connectivity index (χ2v) is 5.34. The van der Waals surface area contributed by atoms with E-state index >= 15 is 0 Å². The quantitative estimate of drug-likeness (QED) is 0.870. The molecule has 2 aromatic rings. The van der Waals surface area contributed by atoms with Gasteiger partial charge in [-0.2, -0.15) is 5.10 Å². The van der Waals surface area contributed by atoms with Crippen LogP contribution in [0.1, 0.15) is 31.2 Å². The highest BCUT2D eigenvalue weighted by atomic mass is 79.9. The van der Waals surface area contributed by atoms with E-state index in [0.29, 0.717) is 12.5 Å². The van der Waals surface area contributed by atoms with Gasteiger partial charge in [-0.25, -0.2) is 4.98 Å². The average molecular weight is 310 g/mol. The van der Waals surface area contributed by atoms with Crippen molar-refractivity contribution in [2.75, 3.05) is 0 Å². The summed E-state index contributed by atoms with van der Waals surface area (Å²) in [6.07, 6.45) is 1.53. The van der Waals surface area contributed by atoms with Gasteiger partial charge in [0.15, 0.2) is 5.82 Å². The summed E-state index contributed by atoms with van der Waals surface area (Å²) in [5.74, 6) is 2.13. The lowest BCUT2D eigenvalue weighted by Gasteiger charge is -2.14. The van der Waals surface area contributed by atoms with Crippen molar-refractivity contribution in [3.8, 4) is 5.75 Å². The fourth-order valence-corrected chi connectivity index (χ4v) is 2.07. The van der Waals surface area contributed by atoms with Gasteiger partial charge in [-0.3, -0.25) is 4.68 Å². The van der Waals surface area contributed by atoms with Gasteiger partial charge in [0.2, 0.25) is 0 Å². The van der Waals surface area contributed by atoms with E-state index in [-0.39, 0.29) is 0 Å². The van der Waals surface area contributed by atoms with Crippen LogP contribution in [0.25, 0.3) is 0 Å². The average Bonchev–Trinajstić information content (AvgIpc) is 2.73. The molecule has 1 aromatic carbocycles. The van der Waals surface area contributed by atoms with Crippen LogP contribution in [-0.2, 0) is 13.7 Å². The molecule has 4 nitrogen and oxygen atoms in total. The lowest BCUT2D eigenvalue weighted by atomic mass is 10.0. The summed E-state index contributed by atoms with van der Waals surface area (Å²) in [5.41, 5.74) is 1.19. The molecule has 0 aliphatic carbocycles. The fourth-order valence-electron chi connectivity index (χ4n) is 1.70. The van der Waals surface area contributed by atoms with Crippen LogP contribution < -0.4 is 4.74 Å². The maximum absolute atomic E-state index is 5.83. The Hall–Kier alpha value is -1.36. The second-order valence-electron chi connectivity index (χ2n) is 4.43. The largest absolute Gasteiger partial charge is 0.485 e. The van der Waals surface area contributed by atoms with Crippen LogP contribution in [0.15, 0.2) is 29.0 Å². The van der Waals surface area contributed by atoms with E-state index in [1.54, 1.807) is 4.68 Å². The number of aryl methyl sites for hydroxylation is 1. The predicted octanol–water partition coefficient (Wildman–Crippen LogP) is 3.28. The SMILES string of the molecule is CC(C)c1cc(Br)ccc1OCc1ncnn1C. The van der Waals surface area contributed by atoms with Crippen molar-refractivity contribution in [1.82, 2.24) is 14.8 Å². The Morgan fingerprint density at radius 3 is 2.78 bits per heavy atom. The summed E-state index contributed by atoms with van der Waals surface area (Å²) in [6, 6.07) is 6.06. The molecule has 0 amide bonds. The first kappa shape index (κ1) is 13.1. The number of nitrogens with zero attached hydrogens (tertiary/aromatic N) is 3. The van der Waals surface area contributed by atoms with Crippen molar-refractivity contribution in [3.05, 3.63) is 40.4 Å². The molecule has 0 saturated heterocycles. The van der Waals surface area contributed by atoms with Crippen molar-refractivity contribution in [2.24, 2.45) is 7.05 Å². The standard InChI is InChI=1S/C13H16BrN3O/c1-9(2)11-6-10(14)4-5-12(11)18-7-13-15-8-16-17(13)3/h4-6,8-9H,7H2,1-3H3. The van der Waals surface area contributed by atoms with Gasteiger partial charge in [-0.1, -0.05) is 29.8 Å². The van der Waals surface area contributed by atoms with Crippen molar-refractivity contribution < 1.29 is 4.74 Å². The van der Waals surface area contributed by atoms with E-state index in [9.17, 15) is 0 Å². The molecule has 0 atom stereocenters. The first-order valence-corrected chi connectivity index (χ1v) is 6.62. The number of ether oxygens (including phenoxy) is 1. The monoisotopic (exact) mass is 309 g/mol. The Balaban J connectivity index is 2.16. The minimum atomic E-state index is 0.414. The highest BCUT2D eigenvalue weighted by molar-refractivity contribution is 9.10. The first-order chi connectivity index (χ1) is 8.58. The Morgan fingerprint density at radius 1 is 1.39 bits per heavy atom. The minimum absolute atomic E-state index is 0.414. The van der Waals surface area contributed by atoms with Crippen molar-refractivity contribution >= 4 is 15.9 Å². The topological polar surface area (TPSA) is 39.9 Å². The van der Waals surface area contributed by atoms with Crippen LogP contribution in [0.5, 0.6) is 5.75 Å². The summed E-state index contributed by atoms with van der Waals surface area (Å²) in [7, 11) is 1.86. The molecule has 96 valence electrons. The van der Waals surface area contributed by atoms with E-state index in [4.69, 9.17) is 4.74 Å². The number of benzene rings is 1. The molecule has 0 N–H and O–H groups in total. The zero-order valence-corrected chi connectivity index (χ0v) is 12.3. The van der Waals surface area contributed by atoms with E-state index in [0.717, 1.165) is 16.0 Å². The Morgan fingerprint density at radius 2 is 2.17 bits per heavy atom. The van der Waals surface area contributed by atoms with Crippen LogP contribution in [0.3, 0.4) is 0 Å². The van der Waals surface area contributed by atoms with Crippen molar-refractivity contribution in [3.63, 3.8) is 0 Å². The predicted molar refractivity (Wildman–Crippen MR) is 73.6 cm³/mol. The lowest BCUT2D eigenvalue weighted by molar-refractivity contribution is 0.286. The Labute approximate surface area is 115 Å². The molecular formula is C13H16BrN3O. The highest BCUT2D eigenvalue weighted by Gasteiger charge is 2.10. The van der Waals surface area contributed by atoms with Crippen molar-refractivity contribution in [1.29, 1.82) is 0 Å². The van der Waals surface area contributed by atoms with E-state index in [2.05, 4.69) is 45.9 Å². The van der Waals surface area contributed by atoms with Crippen LogP contribution in [0, 0.1) is 0 Å². The molecular weight excluding hydrogens is 294 g/mol. The number of rotatable bonds is 4. The highest BCUT2D eigenvalue weighted by Crippen LogP contribution is 2.29. The van der Waals surface area contributed by atoms with Gasteiger partial charge in [-0.15, -0.1) is 0 Å². The summed E-state index contributed by atoms with van der Waals surface area (Å²) >= 11 is 3.48. The molecule has 0 bridgehead atoms. The third kappa shape index (κ3) is 2.90. The second kappa shape index (κ2) is 5.52. The molecule has 2 rings (SSSR count). The third-order valence-corrected chi connectivity index (χ3v) is 3.25. The van der Waals surface area contributed by atoms with Gasteiger partial charge >= 0.3 is 0 Å². The minimum Gasteiger partial charge on any atom is -0.485 e. The summed E-state index contributed by atoms with van der Waals surface area (Å²) in [4.78, 5) is 4.14. The van der Waals surface area contributed by atoms with Gasteiger partial charge in [0.1, 0.15) is 18.7 Å². The molecule has 0 fully saturated rings. The van der Waals surface area contributed by atoms with Crippen molar-refractivity contribution in [2.45, 2.75) is 26.4 Å². The number of hydrogen-bond acceptors (Lipinski definition) is 3. The number of halogens is 1. The van der Waals surface area contributed by atoms with Crippen LogP contribution in [0.2, 0.25) is 0 Å². The molecule has 0 saturated carbocycles. The van der Waals surface area contributed by atoms with Crippen LogP contribution in [-0.4, -0.2) is 14.8 Å². The van der Waals surface area contributed by atoms with Crippen LogP contribution in [0.4, 0.5) is 0 Å². The lowest BCUT2D eigenvalue weighted by Crippen LogP contribution is -2.06. The third-order valence-electron chi connectivity index (χ3n) is 2.76. The van der Waals surface area contributed by atoms with E-state index < -0.39 is 0 Å². The molecule has 0 unspecified atom stereocenters. The van der Waals surface area contributed by atoms with Gasteiger partial charge < -0.3 is 4.74 Å². The van der Waals surface area contributed by atoms with Crippen LogP contribution >= 0.6 is 15.9 Å². The van der Waals surface area contributed by atoms with Gasteiger partial charge in [0, 0.05) is 11.5 Å². The molecule has 18 heavy (non-hydrogen) atoms. The van der Waals surface area contributed by atoms with E-state index in [1.807, 2.05) is 19.2 Å². The zero-order valence-electron chi connectivity index (χ0n) is 10.7. The molecule has 0 spiro atoms. The molecule has 0 aliphatic rings. The fraction of sp³-hybridized carbons (Fsp3) is 0.385. The maximum atomic E-state index is 5.83. The molecule has 5 heteroatoms. The first-order valence-electron chi connectivity index (χ1n) is 5.83. The normalized spacial score (nSPS) is 10.9. The molecule has 1 heterocycles. The molecule has 0 aliphatic heterocycles. The molecule has 0 radical (unpaired) electrons. The molecule has 1 aromatic heterocycles. The number of aromatic nitrogens is 3. The maximum Gasteiger partial charge on any atom is 0.164 e. The smallest absolute Gasteiger partial charge is 0.164 e. The Kier molecular flexibility index (Phi) is 4.01. The Bertz CT molecular complexity index is 537. The zero-order chi connectivity index (χ0) is 13.1. The number of hydrogen-bond donors (Lipinski definition) is 0. The summed E-state index contributed by atoms with van der Waals surface area (Å²) < 4.78 is 8.62.